The minimum absolute atomic E-state index is 0.00878. The van der Waals surface area contributed by atoms with Crippen LogP contribution in [0.4, 0.5) is 0 Å². The molecule has 1 aromatic carbocycles. The molecule has 1 aliphatic heterocycles. The Kier molecular flexibility index (Phi) is 5.25. The van der Waals surface area contributed by atoms with E-state index < -0.39 is 27.6 Å². The van der Waals surface area contributed by atoms with Gasteiger partial charge in [-0.25, -0.2) is 8.42 Å². The number of carbonyl (C=O) groups excluding carboxylic acids is 2. The summed E-state index contributed by atoms with van der Waals surface area (Å²) < 4.78 is 28.0. The predicted octanol–water partition coefficient (Wildman–Crippen LogP) is 0.264. The van der Waals surface area contributed by atoms with Crippen molar-refractivity contribution in [3.63, 3.8) is 0 Å². The monoisotopic (exact) mass is 340 g/mol. The van der Waals surface area contributed by atoms with Gasteiger partial charge in [0.15, 0.2) is 16.4 Å². The van der Waals surface area contributed by atoms with E-state index in [1.807, 2.05) is 32.0 Å². The van der Waals surface area contributed by atoms with Gasteiger partial charge in [-0.05, 0) is 43.5 Å². The SMILES string of the molecule is Cc1cc(C)cc(OCC(=O)NNC(=O)[C@H]2CCS(=O)(=O)C2)c1. The first-order valence-corrected chi connectivity index (χ1v) is 9.07. The van der Waals surface area contributed by atoms with Gasteiger partial charge in [-0.1, -0.05) is 6.07 Å². The van der Waals surface area contributed by atoms with Crippen LogP contribution in [-0.4, -0.2) is 38.3 Å². The van der Waals surface area contributed by atoms with Crippen LogP contribution in [0, 0.1) is 19.8 Å². The Hall–Kier alpha value is -2.09. The molecule has 1 aliphatic rings. The van der Waals surface area contributed by atoms with Gasteiger partial charge < -0.3 is 4.74 Å². The molecule has 0 saturated carbocycles. The molecule has 126 valence electrons. The van der Waals surface area contributed by atoms with Crippen LogP contribution in [0.2, 0.25) is 0 Å². The summed E-state index contributed by atoms with van der Waals surface area (Å²) in [5.74, 6) is -1.21. The Labute approximate surface area is 135 Å². The third-order valence-electron chi connectivity index (χ3n) is 3.49. The second-order valence-corrected chi connectivity index (χ2v) is 7.98. The van der Waals surface area contributed by atoms with Crippen LogP contribution in [0.15, 0.2) is 18.2 Å². The summed E-state index contributed by atoms with van der Waals surface area (Å²) in [4.78, 5) is 23.4. The zero-order valence-corrected chi connectivity index (χ0v) is 13.9. The number of carbonyl (C=O) groups is 2. The number of sulfone groups is 1. The van der Waals surface area contributed by atoms with Crippen molar-refractivity contribution in [3.05, 3.63) is 29.3 Å². The summed E-state index contributed by atoms with van der Waals surface area (Å²) in [6.07, 6.45) is 0.281. The van der Waals surface area contributed by atoms with Gasteiger partial charge in [0.05, 0.1) is 17.4 Å². The lowest BCUT2D eigenvalue weighted by Crippen LogP contribution is -2.46. The maximum atomic E-state index is 11.8. The van der Waals surface area contributed by atoms with E-state index in [0.717, 1.165) is 11.1 Å². The van der Waals surface area contributed by atoms with Crippen molar-refractivity contribution in [1.29, 1.82) is 0 Å². The van der Waals surface area contributed by atoms with Crippen LogP contribution in [0.1, 0.15) is 17.5 Å². The zero-order chi connectivity index (χ0) is 17.0. The summed E-state index contributed by atoms with van der Waals surface area (Å²) in [7, 11) is -3.13. The van der Waals surface area contributed by atoms with Crippen LogP contribution in [-0.2, 0) is 19.4 Å². The largest absolute Gasteiger partial charge is 0.484 e. The lowest BCUT2D eigenvalue weighted by Gasteiger charge is -2.12. The molecule has 1 fully saturated rings. The molecule has 2 amide bonds. The third-order valence-corrected chi connectivity index (χ3v) is 5.26. The van der Waals surface area contributed by atoms with Crippen molar-refractivity contribution in [2.75, 3.05) is 18.1 Å². The highest BCUT2D eigenvalue weighted by atomic mass is 32.2. The van der Waals surface area contributed by atoms with Crippen molar-refractivity contribution >= 4 is 21.7 Å². The number of hydrazine groups is 1. The number of aryl methyl sites for hydroxylation is 2. The summed E-state index contributed by atoms with van der Waals surface area (Å²) >= 11 is 0. The molecule has 1 atom stereocenters. The van der Waals surface area contributed by atoms with Crippen LogP contribution in [0.25, 0.3) is 0 Å². The molecule has 0 aliphatic carbocycles. The molecular formula is C15H20N2O5S. The normalized spacial score (nSPS) is 19.1. The fourth-order valence-corrected chi connectivity index (χ4v) is 4.18. The number of nitrogens with one attached hydrogen (secondary N) is 2. The average molecular weight is 340 g/mol. The summed E-state index contributed by atoms with van der Waals surface area (Å²) in [6.45, 7) is 3.61. The number of amides is 2. The fraction of sp³-hybridized carbons (Fsp3) is 0.467. The van der Waals surface area contributed by atoms with Gasteiger partial charge in [-0.15, -0.1) is 0 Å². The fourth-order valence-electron chi connectivity index (χ4n) is 2.44. The minimum atomic E-state index is -3.13. The third kappa shape index (κ3) is 5.24. The molecule has 0 radical (unpaired) electrons. The van der Waals surface area contributed by atoms with Crippen molar-refractivity contribution in [1.82, 2.24) is 10.9 Å². The van der Waals surface area contributed by atoms with Crippen LogP contribution in [0.3, 0.4) is 0 Å². The Morgan fingerprint density at radius 1 is 1.17 bits per heavy atom. The molecule has 0 spiro atoms. The first-order chi connectivity index (χ1) is 10.7. The molecular weight excluding hydrogens is 320 g/mol. The van der Waals surface area contributed by atoms with Gasteiger partial charge in [0.25, 0.3) is 5.91 Å². The number of ether oxygens (including phenoxy) is 1. The van der Waals surface area contributed by atoms with Gasteiger partial charge in [0, 0.05) is 0 Å². The van der Waals surface area contributed by atoms with E-state index in [9.17, 15) is 18.0 Å². The highest BCUT2D eigenvalue weighted by Gasteiger charge is 2.33. The topological polar surface area (TPSA) is 102 Å². The minimum Gasteiger partial charge on any atom is -0.484 e. The van der Waals surface area contributed by atoms with Gasteiger partial charge >= 0.3 is 0 Å². The lowest BCUT2D eigenvalue weighted by atomic mass is 10.1. The molecule has 1 saturated heterocycles. The molecule has 0 aromatic heterocycles. The van der Waals surface area contributed by atoms with E-state index in [0.29, 0.717) is 5.75 Å². The maximum Gasteiger partial charge on any atom is 0.276 e. The Bertz CT molecular complexity index is 694. The molecule has 2 rings (SSSR count). The molecule has 23 heavy (non-hydrogen) atoms. The predicted molar refractivity (Wildman–Crippen MR) is 84.5 cm³/mol. The van der Waals surface area contributed by atoms with Crippen LogP contribution in [0.5, 0.6) is 5.75 Å². The Balaban J connectivity index is 1.76. The van der Waals surface area contributed by atoms with Gasteiger partial charge in [0.2, 0.25) is 5.91 Å². The molecule has 1 heterocycles. The van der Waals surface area contributed by atoms with Crippen molar-refractivity contribution in [2.24, 2.45) is 5.92 Å². The molecule has 0 unspecified atom stereocenters. The smallest absolute Gasteiger partial charge is 0.276 e. The summed E-state index contributed by atoms with van der Waals surface area (Å²) in [6, 6.07) is 5.60. The Morgan fingerprint density at radius 2 is 1.83 bits per heavy atom. The van der Waals surface area contributed by atoms with E-state index in [2.05, 4.69) is 10.9 Å². The van der Waals surface area contributed by atoms with Crippen molar-refractivity contribution in [2.45, 2.75) is 20.3 Å². The van der Waals surface area contributed by atoms with E-state index in [4.69, 9.17) is 4.74 Å². The van der Waals surface area contributed by atoms with Crippen molar-refractivity contribution < 1.29 is 22.7 Å². The Morgan fingerprint density at radius 3 is 2.39 bits per heavy atom. The lowest BCUT2D eigenvalue weighted by molar-refractivity contribution is -0.131. The van der Waals surface area contributed by atoms with Gasteiger partial charge in [-0.2, -0.15) is 0 Å². The highest BCUT2D eigenvalue weighted by Crippen LogP contribution is 2.18. The second-order valence-electron chi connectivity index (χ2n) is 5.75. The summed E-state index contributed by atoms with van der Waals surface area (Å²) in [5, 5.41) is 0. The van der Waals surface area contributed by atoms with Crippen molar-refractivity contribution in [3.8, 4) is 5.75 Å². The van der Waals surface area contributed by atoms with Gasteiger partial charge in [0.1, 0.15) is 5.75 Å². The first kappa shape index (κ1) is 17.3. The molecule has 1 aromatic rings. The molecule has 8 heteroatoms. The molecule has 2 N–H and O–H groups in total. The quantitative estimate of drug-likeness (QED) is 0.766. The average Bonchev–Trinajstić information content (AvgIpc) is 2.82. The first-order valence-electron chi connectivity index (χ1n) is 7.25. The number of hydrogen-bond donors (Lipinski definition) is 2. The van der Waals surface area contributed by atoms with E-state index in [1.54, 1.807) is 0 Å². The standard InChI is InChI=1S/C15H20N2O5S/c1-10-5-11(2)7-13(6-10)22-8-14(18)16-17-15(19)12-3-4-23(20,21)9-12/h5-7,12H,3-4,8-9H2,1-2H3,(H,16,18)(H,17,19)/t12-/m0/s1. The molecule has 7 nitrogen and oxygen atoms in total. The maximum absolute atomic E-state index is 11.8. The number of hydrogen-bond acceptors (Lipinski definition) is 5. The summed E-state index contributed by atoms with van der Waals surface area (Å²) in [5.41, 5.74) is 6.51. The van der Waals surface area contributed by atoms with E-state index >= 15 is 0 Å². The van der Waals surface area contributed by atoms with E-state index in [1.165, 1.54) is 0 Å². The van der Waals surface area contributed by atoms with E-state index in [-0.39, 0.29) is 24.5 Å². The highest BCUT2D eigenvalue weighted by molar-refractivity contribution is 7.91. The molecule has 0 bridgehead atoms. The number of rotatable bonds is 4. The van der Waals surface area contributed by atoms with Gasteiger partial charge in [-0.3, -0.25) is 20.4 Å². The van der Waals surface area contributed by atoms with Crippen LogP contribution >= 0.6 is 0 Å². The number of benzene rings is 1. The zero-order valence-electron chi connectivity index (χ0n) is 13.1. The second kappa shape index (κ2) is 6.99. The van der Waals surface area contributed by atoms with Crippen LogP contribution < -0.4 is 15.6 Å².